The minimum atomic E-state index is -1.87. The van der Waals surface area contributed by atoms with E-state index in [1.54, 1.807) is 20.8 Å². The Morgan fingerprint density at radius 1 is 1.19 bits per heavy atom. The van der Waals surface area contributed by atoms with Gasteiger partial charge < -0.3 is 14.8 Å². The summed E-state index contributed by atoms with van der Waals surface area (Å²) in [6, 6.07) is 0. The lowest BCUT2D eigenvalue weighted by Gasteiger charge is -2.20. The Kier molecular flexibility index (Phi) is 8.06. The van der Waals surface area contributed by atoms with Gasteiger partial charge in [-0.1, -0.05) is 0 Å². The van der Waals surface area contributed by atoms with Gasteiger partial charge in [0.05, 0.1) is 12.0 Å². The summed E-state index contributed by atoms with van der Waals surface area (Å²) in [5.41, 5.74) is -0.710. The van der Waals surface area contributed by atoms with Gasteiger partial charge in [0.25, 0.3) is 0 Å². The minimum absolute atomic E-state index is 0.331. The maximum Gasteiger partial charge on any atom is 0.505 e. The highest BCUT2D eigenvalue weighted by molar-refractivity contribution is 7.38. The molecule has 0 fully saturated rings. The van der Waals surface area contributed by atoms with Crippen LogP contribution in [0, 0.1) is 5.41 Å². The molecule has 0 aliphatic rings. The molecule has 0 aliphatic heterocycles. The van der Waals surface area contributed by atoms with E-state index in [4.69, 9.17) is 9.47 Å². The van der Waals surface area contributed by atoms with Crippen LogP contribution in [0.3, 0.4) is 0 Å². The molecule has 21 heavy (non-hydrogen) atoms. The topological polar surface area (TPSA) is 108 Å². The summed E-state index contributed by atoms with van der Waals surface area (Å²) in [6.07, 6.45) is -1.98. The molecule has 0 heterocycles. The third kappa shape index (κ3) is 9.92. The lowest BCUT2D eigenvalue weighted by atomic mass is 9.97. The number of ketones is 1. The Labute approximate surface area is 124 Å². The molecule has 2 unspecified atom stereocenters. The molecule has 0 spiro atoms. The lowest BCUT2D eigenvalue weighted by Crippen LogP contribution is -2.36. The predicted molar refractivity (Wildman–Crippen MR) is 74.0 cm³/mol. The van der Waals surface area contributed by atoms with E-state index in [9.17, 15) is 18.9 Å². The van der Waals surface area contributed by atoms with Crippen molar-refractivity contribution < 1.29 is 32.9 Å². The Balaban J connectivity index is 4.01. The molecule has 1 N–H and O–H groups in total. The number of carbonyl (C=O) groups is 3. The summed E-state index contributed by atoms with van der Waals surface area (Å²) >= 11 is 0. The van der Waals surface area contributed by atoms with Gasteiger partial charge in [0.1, 0.15) is 0 Å². The van der Waals surface area contributed by atoms with Crippen LogP contribution < -0.4 is 5.32 Å². The highest BCUT2D eigenvalue weighted by Crippen LogP contribution is 2.16. The van der Waals surface area contributed by atoms with Crippen LogP contribution >= 0.6 is 8.03 Å². The normalized spacial score (nSPS) is 13.1. The smallest absolute Gasteiger partial charge is 0.425 e. The maximum atomic E-state index is 11.5. The second-order valence-corrected chi connectivity index (χ2v) is 6.37. The molecule has 0 rings (SSSR count). The van der Waals surface area contributed by atoms with Gasteiger partial charge in [-0.25, -0.2) is 4.79 Å². The van der Waals surface area contributed by atoms with Crippen LogP contribution in [0.2, 0.25) is 0 Å². The number of ether oxygens (including phenoxy) is 2. The number of carbonyl (C=O) groups excluding carboxylic acids is 3. The Bertz CT molecular complexity index is 416. The molecule has 2 atom stereocenters. The van der Waals surface area contributed by atoms with E-state index in [1.807, 2.05) is 0 Å². The standard InChI is InChI=1S/C12H20NO7P/c1-8(19-10(15)12(2,3)4)20-11(16)13-6-9(14)7-18-21(5)17/h8H,6-7H2,1-5H3/p+1. The van der Waals surface area contributed by atoms with E-state index in [0.717, 1.165) is 0 Å². The maximum absolute atomic E-state index is 11.5. The molecule has 0 aromatic heterocycles. The first-order valence-electron chi connectivity index (χ1n) is 6.23. The number of nitrogens with one attached hydrogen (secondary N) is 1. The summed E-state index contributed by atoms with van der Waals surface area (Å²) in [5, 5.41) is 2.17. The summed E-state index contributed by atoms with van der Waals surface area (Å²) in [5.74, 6) is -0.976. The number of rotatable bonds is 7. The summed E-state index contributed by atoms with van der Waals surface area (Å²) in [7, 11) is -1.87. The van der Waals surface area contributed by atoms with Crippen molar-refractivity contribution in [1.82, 2.24) is 5.32 Å². The third-order valence-electron chi connectivity index (χ3n) is 2.00. The molecule has 0 radical (unpaired) electrons. The van der Waals surface area contributed by atoms with E-state index in [0.29, 0.717) is 0 Å². The van der Waals surface area contributed by atoms with Crippen LogP contribution in [0.1, 0.15) is 27.7 Å². The average molecular weight is 322 g/mol. The summed E-state index contributed by atoms with van der Waals surface area (Å²) < 4.78 is 24.9. The molecule has 9 heteroatoms. The van der Waals surface area contributed by atoms with Crippen molar-refractivity contribution >= 4 is 25.9 Å². The van der Waals surface area contributed by atoms with Gasteiger partial charge >= 0.3 is 20.1 Å². The van der Waals surface area contributed by atoms with Gasteiger partial charge in [0, 0.05) is 6.92 Å². The lowest BCUT2D eigenvalue weighted by molar-refractivity contribution is -0.174. The van der Waals surface area contributed by atoms with Crippen molar-refractivity contribution in [2.75, 3.05) is 19.8 Å². The van der Waals surface area contributed by atoms with Crippen LogP contribution in [0.5, 0.6) is 0 Å². The summed E-state index contributed by atoms with van der Waals surface area (Å²) in [6.45, 7) is 7.01. The first-order valence-corrected chi connectivity index (χ1v) is 7.86. The van der Waals surface area contributed by atoms with Crippen LogP contribution in [0.15, 0.2) is 0 Å². The first kappa shape index (κ1) is 19.5. The molecule has 8 nitrogen and oxygen atoms in total. The minimum Gasteiger partial charge on any atom is -0.425 e. The molecule has 0 saturated carbocycles. The fraction of sp³-hybridized carbons (Fsp3) is 0.750. The monoisotopic (exact) mass is 322 g/mol. The number of hydrogen-bond donors (Lipinski definition) is 1. The SMILES string of the molecule is CC(OC(=O)NCC(=O)CO[P+](C)=O)OC(=O)C(C)(C)C. The summed E-state index contributed by atoms with van der Waals surface area (Å²) in [4.78, 5) is 34.1. The second kappa shape index (κ2) is 8.69. The zero-order valence-corrected chi connectivity index (χ0v) is 13.7. The molecule has 0 saturated heterocycles. The van der Waals surface area contributed by atoms with Crippen molar-refractivity contribution in [1.29, 1.82) is 0 Å². The quantitative estimate of drug-likeness (QED) is 0.431. The zero-order chi connectivity index (χ0) is 16.6. The molecule has 0 aromatic carbocycles. The van der Waals surface area contributed by atoms with E-state index < -0.39 is 37.6 Å². The fourth-order valence-electron chi connectivity index (χ4n) is 0.929. The molecule has 0 aliphatic carbocycles. The van der Waals surface area contributed by atoms with Crippen molar-refractivity contribution in [3.05, 3.63) is 0 Å². The van der Waals surface area contributed by atoms with Gasteiger partial charge in [0.15, 0.2) is 19.1 Å². The highest BCUT2D eigenvalue weighted by atomic mass is 31.1. The van der Waals surface area contributed by atoms with Crippen LogP contribution in [0.4, 0.5) is 4.79 Å². The van der Waals surface area contributed by atoms with Crippen LogP contribution in [-0.4, -0.2) is 44.0 Å². The largest absolute Gasteiger partial charge is 0.505 e. The van der Waals surface area contributed by atoms with Crippen molar-refractivity contribution in [2.45, 2.75) is 34.0 Å². The van der Waals surface area contributed by atoms with E-state index in [2.05, 4.69) is 9.84 Å². The average Bonchev–Trinajstić information content (AvgIpc) is 2.32. The van der Waals surface area contributed by atoms with Gasteiger partial charge in [-0.3, -0.25) is 9.59 Å². The molecule has 1 amide bonds. The van der Waals surface area contributed by atoms with Gasteiger partial charge in [-0.05, 0) is 25.3 Å². The highest BCUT2D eigenvalue weighted by Gasteiger charge is 2.26. The number of hydrogen-bond acceptors (Lipinski definition) is 7. The predicted octanol–water partition coefficient (Wildman–Crippen LogP) is 1.61. The zero-order valence-electron chi connectivity index (χ0n) is 12.8. The molecule has 120 valence electrons. The van der Waals surface area contributed by atoms with Gasteiger partial charge in [-0.2, -0.15) is 0 Å². The van der Waals surface area contributed by atoms with E-state index >= 15 is 0 Å². The van der Waals surface area contributed by atoms with E-state index in [1.165, 1.54) is 13.6 Å². The van der Waals surface area contributed by atoms with Gasteiger partial charge in [0.2, 0.25) is 6.29 Å². The third-order valence-corrected chi connectivity index (χ3v) is 2.49. The molecule has 0 bridgehead atoms. The van der Waals surface area contributed by atoms with Crippen molar-refractivity contribution in [3.63, 3.8) is 0 Å². The second-order valence-electron chi connectivity index (χ2n) is 5.23. The Hall–Kier alpha value is -1.53. The first-order chi connectivity index (χ1) is 9.52. The number of Topliss-reactive ketones (excluding diaryl/α,β-unsaturated/α-hetero) is 1. The number of esters is 1. The molecular formula is C12H21NO7P+. The Morgan fingerprint density at radius 2 is 1.76 bits per heavy atom. The van der Waals surface area contributed by atoms with Crippen LogP contribution in [0.25, 0.3) is 0 Å². The molecular weight excluding hydrogens is 301 g/mol. The van der Waals surface area contributed by atoms with E-state index in [-0.39, 0.29) is 13.2 Å². The number of alkyl carbamates (subject to hydrolysis) is 1. The fourth-order valence-corrected chi connectivity index (χ4v) is 1.25. The molecule has 0 aromatic rings. The Morgan fingerprint density at radius 3 is 2.24 bits per heavy atom. The van der Waals surface area contributed by atoms with Crippen molar-refractivity contribution in [3.8, 4) is 0 Å². The number of amides is 1. The van der Waals surface area contributed by atoms with Gasteiger partial charge in [-0.15, -0.1) is 4.52 Å². The van der Waals surface area contributed by atoms with Crippen molar-refractivity contribution in [2.24, 2.45) is 5.41 Å². The van der Waals surface area contributed by atoms with Crippen LogP contribution in [-0.2, 0) is 28.2 Å².